The van der Waals surface area contributed by atoms with Gasteiger partial charge >= 0.3 is 0 Å². The fourth-order valence-corrected chi connectivity index (χ4v) is 3.10. The molecule has 0 aliphatic carbocycles. The minimum atomic E-state index is -0.639. The number of carbonyl (C=O) groups is 1. The number of benzene rings is 2. The molecule has 1 amide bonds. The molecule has 1 heterocycles. The quantitative estimate of drug-likeness (QED) is 0.478. The molecule has 3 rings (SSSR count). The maximum Gasteiger partial charge on any atom is 0.296 e. The van der Waals surface area contributed by atoms with E-state index in [-0.39, 0.29) is 87.2 Å². The number of non-ortho nitro benzene ring substituents is 1. The molecule has 36 heavy (non-hydrogen) atoms. The van der Waals surface area contributed by atoms with Crippen LogP contribution >= 0.6 is 0 Å². The third kappa shape index (κ3) is 7.68. The van der Waals surface area contributed by atoms with Crippen LogP contribution in [0.15, 0.2) is 30.3 Å². The molecule has 2 aromatic carbocycles. The molecule has 0 saturated heterocycles. The zero-order valence-corrected chi connectivity index (χ0v) is 19.4. The molecule has 2 aromatic rings. The van der Waals surface area contributed by atoms with Crippen LogP contribution in [-0.4, -0.2) is 68.6 Å². The molecule has 0 unspecified atom stereocenters. The second-order valence-corrected chi connectivity index (χ2v) is 7.26. The van der Waals surface area contributed by atoms with Crippen LogP contribution in [0.3, 0.4) is 0 Å². The average Bonchev–Trinajstić information content (AvgIpc) is 2.83. The number of ether oxygens (including phenoxy) is 6. The summed E-state index contributed by atoms with van der Waals surface area (Å²) in [7, 11) is 0. The Bertz CT molecular complexity index is 1090. The van der Waals surface area contributed by atoms with Gasteiger partial charge in [0.05, 0.1) is 48.4 Å². The van der Waals surface area contributed by atoms with Crippen LogP contribution in [0.25, 0.3) is 0 Å². The molecule has 194 valence electrons. The van der Waals surface area contributed by atoms with Gasteiger partial charge in [-0.05, 0) is 6.07 Å². The molecule has 0 spiro atoms. The number of nitrogens with one attached hydrogen (secondary N) is 1. The Balaban J connectivity index is 1.72. The van der Waals surface area contributed by atoms with Gasteiger partial charge in [0.1, 0.15) is 32.1 Å². The van der Waals surface area contributed by atoms with Crippen molar-refractivity contribution in [3.8, 4) is 23.0 Å². The van der Waals surface area contributed by atoms with Crippen LogP contribution in [-0.2, 0) is 14.3 Å². The SMILES string of the molecule is CC(=O)Nc1cc2c(cc1[N+](=O)[O-])OCCOCCOc1cc([N+](=O)[O-])ccc1OCCOCCO2. The van der Waals surface area contributed by atoms with Crippen molar-refractivity contribution in [2.75, 3.05) is 58.2 Å². The zero-order chi connectivity index (χ0) is 25.9. The molecular weight excluding hydrogens is 482 g/mol. The Morgan fingerprint density at radius 2 is 1.22 bits per heavy atom. The number of nitro groups is 2. The number of rotatable bonds is 3. The minimum absolute atomic E-state index is 0.0291. The third-order valence-electron chi connectivity index (χ3n) is 4.65. The first kappa shape index (κ1) is 26.4. The molecule has 14 heteroatoms. The van der Waals surface area contributed by atoms with Gasteiger partial charge in [0.15, 0.2) is 23.0 Å². The average molecular weight is 507 g/mol. The third-order valence-corrected chi connectivity index (χ3v) is 4.65. The van der Waals surface area contributed by atoms with E-state index < -0.39 is 15.8 Å². The highest BCUT2D eigenvalue weighted by atomic mass is 16.6. The van der Waals surface area contributed by atoms with Gasteiger partial charge in [0.25, 0.3) is 11.4 Å². The lowest BCUT2D eigenvalue weighted by Gasteiger charge is -2.16. The van der Waals surface area contributed by atoms with E-state index in [2.05, 4.69) is 5.32 Å². The number of anilines is 1. The van der Waals surface area contributed by atoms with E-state index in [4.69, 9.17) is 28.4 Å². The molecule has 1 aliphatic rings. The van der Waals surface area contributed by atoms with E-state index in [1.807, 2.05) is 0 Å². The van der Waals surface area contributed by atoms with Gasteiger partial charge in [-0.1, -0.05) is 0 Å². The normalized spacial score (nSPS) is 15.1. The summed E-state index contributed by atoms with van der Waals surface area (Å²) in [6.07, 6.45) is 0. The highest BCUT2D eigenvalue weighted by Crippen LogP contribution is 2.38. The maximum absolute atomic E-state index is 11.5. The Kier molecular flexibility index (Phi) is 9.59. The zero-order valence-electron chi connectivity index (χ0n) is 19.4. The van der Waals surface area contributed by atoms with Crippen molar-refractivity contribution >= 4 is 23.0 Å². The van der Waals surface area contributed by atoms with Crippen LogP contribution in [0.4, 0.5) is 17.1 Å². The number of fused-ring (bicyclic) bond motifs is 2. The monoisotopic (exact) mass is 507 g/mol. The second-order valence-electron chi connectivity index (χ2n) is 7.26. The topological polar surface area (TPSA) is 171 Å². The fraction of sp³-hybridized carbons (Fsp3) is 0.409. The summed E-state index contributed by atoms with van der Waals surface area (Å²) >= 11 is 0. The Labute approximate surface area is 205 Å². The van der Waals surface area contributed by atoms with Gasteiger partial charge in [-0.25, -0.2) is 0 Å². The van der Waals surface area contributed by atoms with Crippen molar-refractivity contribution in [2.24, 2.45) is 0 Å². The van der Waals surface area contributed by atoms with Crippen molar-refractivity contribution in [3.63, 3.8) is 0 Å². The summed E-state index contributed by atoms with van der Waals surface area (Å²) < 4.78 is 33.5. The first-order valence-electron chi connectivity index (χ1n) is 10.9. The molecule has 14 nitrogen and oxygen atoms in total. The largest absolute Gasteiger partial charge is 0.487 e. The van der Waals surface area contributed by atoms with Gasteiger partial charge in [-0.15, -0.1) is 0 Å². The van der Waals surface area contributed by atoms with Gasteiger partial charge in [0.2, 0.25) is 5.91 Å². The number of nitrogens with zero attached hydrogens (tertiary/aromatic N) is 2. The van der Waals surface area contributed by atoms with Crippen molar-refractivity contribution in [1.29, 1.82) is 0 Å². The molecule has 0 fully saturated rings. The van der Waals surface area contributed by atoms with Crippen molar-refractivity contribution in [1.82, 2.24) is 0 Å². The molecule has 1 aliphatic heterocycles. The molecule has 0 aromatic heterocycles. The summed E-state index contributed by atoms with van der Waals surface area (Å²) in [4.78, 5) is 32.9. The molecule has 0 radical (unpaired) electrons. The van der Waals surface area contributed by atoms with Crippen molar-refractivity contribution < 1.29 is 43.1 Å². The first-order valence-corrected chi connectivity index (χ1v) is 10.9. The number of hydrogen-bond acceptors (Lipinski definition) is 11. The maximum atomic E-state index is 11.5. The van der Waals surface area contributed by atoms with E-state index in [1.54, 1.807) is 0 Å². The van der Waals surface area contributed by atoms with Crippen LogP contribution in [0.2, 0.25) is 0 Å². The van der Waals surface area contributed by atoms with E-state index in [1.165, 1.54) is 37.3 Å². The van der Waals surface area contributed by atoms with Crippen molar-refractivity contribution in [2.45, 2.75) is 6.92 Å². The van der Waals surface area contributed by atoms with Crippen LogP contribution in [0.1, 0.15) is 6.92 Å². The number of nitro benzene ring substituents is 2. The molecule has 0 saturated carbocycles. The van der Waals surface area contributed by atoms with E-state index >= 15 is 0 Å². The highest BCUT2D eigenvalue weighted by Gasteiger charge is 2.21. The van der Waals surface area contributed by atoms with Crippen LogP contribution in [0, 0.1) is 20.2 Å². The predicted molar refractivity (Wildman–Crippen MR) is 124 cm³/mol. The molecule has 1 N–H and O–H groups in total. The van der Waals surface area contributed by atoms with Crippen molar-refractivity contribution in [3.05, 3.63) is 50.6 Å². The predicted octanol–water partition coefficient (Wildman–Crippen LogP) is 2.72. The lowest BCUT2D eigenvalue weighted by atomic mass is 10.2. The molecular formula is C22H25N3O11. The minimum Gasteiger partial charge on any atom is -0.487 e. The van der Waals surface area contributed by atoms with Gasteiger partial charge in [-0.3, -0.25) is 25.0 Å². The fourth-order valence-electron chi connectivity index (χ4n) is 3.10. The smallest absolute Gasteiger partial charge is 0.296 e. The Morgan fingerprint density at radius 3 is 1.72 bits per heavy atom. The molecule has 0 bridgehead atoms. The summed E-state index contributed by atoms with van der Waals surface area (Å²) in [5, 5.41) is 25.0. The molecule has 0 atom stereocenters. The summed E-state index contributed by atoms with van der Waals surface area (Å²) in [6, 6.07) is 6.52. The highest BCUT2D eigenvalue weighted by molar-refractivity contribution is 5.92. The second kappa shape index (κ2) is 13.1. The summed E-state index contributed by atoms with van der Waals surface area (Å²) in [5.41, 5.74) is -0.527. The van der Waals surface area contributed by atoms with Gasteiger partial charge in [0, 0.05) is 19.1 Å². The standard InChI is InChI=1S/C22H25N3O11/c1-15(26)23-17-13-21-22(14-18(17)25(29)30)36-11-7-32-5-9-34-20-12-16(24(27)28)2-3-19(20)33-8-4-31-6-10-35-21/h2-3,12-14H,4-11H2,1H3,(H,23,26). The Hall–Kier alpha value is -4.17. The van der Waals surface area contributed by atoms with E-state index in [0.29, 0.717) is 5.75 Å². The number of carbonyl (C=O) groups excluding carboxylic acids is 1. The van der Waals surface area contributed by atoms with Gasteiger partial charge < -0.3 is 33.7 Å². The Morgan fingerprint density at radius 1 is 0.722 bits per heavy atom. The summed E-state index contributed by atoms with van der Waals surface area (Å²) in [5.74, 6) is 0.329. The van der Waals surface area contributed by atoms with Crippen LogP contribution < -0.4 is 24.3 Å². The first-order chi connectivity index (χ1) is 17.3. The van der Waals surface area contributed by atoms with E-state index in [9.17, 15) is 25.0 Å². The van der Waals surface area contributed by atoms with Gasteiger partial charge in [-0.2, -0.15) is 0 Å². The summed E-state index contributed by atoms with van der Waals surface area (Å²) in [6.45, 7) is 2.17. The number of hydrogen-bond donors (Lipinski definition) is 1. The van der Waals surface area contributed by atoms with Crippen LogP contribution in [0.5, 0.6) is 23.0 Å². The van der Waals surface area contributed by atoms with E-state index in [0.717, 1.165) is 0 Å². The lowest BCUT2D eigenvalue weighted by molar-refractivity contribution is -0.385. The lowest BCUT2D eigenvalue weighted by Crippen LogP contribution is -2.16. The number of amides is 1.